The first-order chi connectivity index (χ1) is 10.7. The first kappa shape index (κ1) is 15.2. The number of benzene rings is 1. The zero-order valence-corrected chi connectivity index (χ0v) is 12.9. The number of aromatic nitrogens is 1. The lowest BCUT2D eigenvalue weighted by Crippen LogP contribution is -2.14. The first-order valence-corrected chi connectivity index (χ1v) is 7.92. The molecule has 1 saturated carbocycles. The minimum atomic E-state index is -0.422. The van der Waals surface area contributed by atoms with Crippen LogP contribution in [0.25, 0.3) is 11.3 Å². The smallest absolute Gasteiger partial charge is 0.141 e. The van der Waals surface area contributed by atoms with Gasteiger partial charge in [0.1, 0.15) is 12.1 Å². The number of pyridine rings is 1. The van der Waals surface area contributed by atoms with E-state index in [9.17, 15) is 9.18 Å². The van der Waals surface area contributed by atoms with E-state index in [0.717, 1.165) is 43.2 Å². The van der Waals surface area contributed by atoms with Crippen molar-refractivity contribution in [1.29, 1.82) is 0 Å². The lowest BCUT2D eigenvalue weighted by Gasteiger charge is -2.25. The molecule has 0 amide bonds. The summed E-state index contributed by atoms with van der Waals surface area (Å²) in [5.41, 5.74) is 2.80. The number of halogens is 2. The van der Waals surface area contributed by atoms with Crippen molar-refractivity contribution in [2.45, 2.75) is 31.6 Å². The van der Waals surface area contributed by atoms with Crippen molar-refractivity contribution in [2.75, 3.05) is 0 Å². The van der Waals surface area contributed by atoms with Crippen molar-refractivity contribution in [2.24, 2.45) is 5.92 Å². The minimum Gasteiger partial charge on any atom is -0.303 e. The van der Waals surface area contributed by atoms with E-state index in [0.29, 0.717) is 5.92 Å². The number of rotatable bonds is 3. The molecule has 114 valence electrons. The predicted octanol–water partition coefficient (Wildman–Crippen LogP) is 5.01. The van der Waals surface area contributed by atoms with E-state index in [2.05, 4.69) is 11.1 Å². The third kappa shape index (κ3) is 3.20. The van der Waals surface area contributed by atoms with Crippen molar-refractivity contribution in [1.82, 2.24) is 4.98 Å². The number of carbonyl (C=O) groups is 1. The molecule has 1 aliphatic carbocycles. The molecule has 1 fully saturated rings. The molecule has 0 atom stereocenters. The third-order valence-electron chi connectivity index (χ3n) is 4.44. The van der Waals surface area contributed by atoms with Crippen LogP contribution in [-0.2, 0) is 4.79 Å². The second-order valence-corrected chi connectivity index (χ2v) is 6.26. The molecule has 3 rings (SSSR count). The number of aldehydes is 1. The Bertz CT molecular complexity index is 663. The molecular weight excluding hydrogens is 301 g/mol. The maximum Gasteiger partial charge on any atom is 0.141 e. The predicted molar refractivity (Wildman–Crippen MR) is 85.4 cm³/mol. The summed E-state index contributed by atoms with van der Waals surface area (Å²) in [5, 5.41) is 0.107. The molecule has 1 aromatic carbocycles. The molecular formula is C18H17ClFNO. The number of hydrogen-bond donors (Lipinski definition) is 0. The zero-order chi connectivity index (χ0) is 15.5. The Morgan fingerprint density at radius 2 is 1.91 bits per heavy atom. The monoisotopic (exact) mass is 317 g/mol. The lowest BCUT2D eigenvalue weighted by atomic mass is 9.79. The first-order valence-electron chi connectivity index (χ1n) is 7.54. The second kappa shape index (κ2) is 6.57. The fourth-order valence-corrected chi connectivity index (χ4v) is 3.24. The maximum absolute atomic E-state index is 13.2. The van der Waals surface area contributed by atoms with Gasteiger partial charge in [0.15, 0.2) is 0 Å². The standard InChI is InChI=1S/C18H17ClFNO/c19-16-9-14(5-7-17(16)20)18-8-6-15(10-21-18)13-3-1-12(11-22)2-4-13/h5-13H,1-4H2. The molecule has 4 heteroatoms. The summed E-state index contributed by atoms with van der Waals surface area (Å²) < 4.78 is 13.2. The Morgan fingerprint density at radius 3 is 2.50 bits per heavy atom. The maximum atomic E-state index is 13.2. The molecule has 0 bridgehead atoms. The molecule has 1 aromatic heterocycles. The van der Waals surface area contributed by atoms with Gasteiger partial charge in [0.2, 0.25) is 0 Å². The van der Waals surface area contributed by atoms with Gasteiger partial charge in [0.25, 0.3) is 0 Å². The Hall–Kier alpha value is -1.74. The average molecular weight is 318 g/mol. The highest BCUT2D eigenvalue weighted by molar-refractivity contribution is 6.31. The lowest BCUT2D eigenvalue weighted by molar-refractivity contribution is -0.111. The summed E-state index contributed by atoms with van der Waals surface area (Å²) in [5.74, 6) is 0.286. The normalized spacial score (nSPS) is 21.5. The van der Waals surface area contributed by atoms with Crippen LogP contribution in [0.4, 0.5) is 4.39 Å². The topological polar surface area (TPSA) is 30.0 Å². The summed E-state index contributed by atoms with van der Waals surface area (Å²) in [6, 6.07) is 8.65. The van der Waals surface area contributed by atoms with Crippen LogP contribution in [-0.4, -0.2) is 11.3 Å². The molecule has 0 radical (unpaired) electrons. The van der Waals surface area contributed by atoms with E-state index in [1.54, 1.807) is 12.1 Å². The fourth-order valence-electron chi connectivity index (χ4n) is 3.06. The average Bonchev–Trinajstić information content (AvgIpc) is 2.58. The van der Waals surface area contributed by atoms with Crippen molar-refractivity contribution in [3.63, 3.8) is 0 Å². The van der Waals surface area contributed by atoms with Crippen LogP contribution >= 0.6 is 11.6 Å². The molecule has 0 N–H and O–H groups in total. The Balaban J connectivity index is 1.75. The summed E-state index contributed by atoms with van der Waals surface area (Å²) in [6.45, 7) is 0. The van der Waals surface area contributed by atoms with Crippen LogP contribution in [0.3, 0.4) is 0 Å². The largest absolute Gasteiger partial charge is 0.303 e. The summed E-state index contributed by atoms with van der Waals surface area (Å²) in [7, 11) is 0. The van der Waals surface area contributed by atoms with Crippen LogP contribution in [0.15, 0.2) is 36.5 Å². The van der Waals surface area contributed by atoms with E-state index in [1.807, 2.05) is 12.3 Å². The van der Waals surface area contributed by atoms with Crippen LogP contribution in [0.1, 0.15) is 37.2 Å². The van der Waals surface area contributed by atoms with Crippen LogP contribution in [0.5, 0.6) is 0 Å². The Labute approximate surface area is 134 Å². The molecule has 0 saturated heterocycles. The van der Waals surface area contributed by atoms with Gasteiger partial charge in [-0.15, -0.1) is 0 Å². The van der Waals surface area contributed by atoms with Crippen LogP contribution < -0.4 is 0 Å². The highest BCUT2D eigenvalue weighted by Gasteiger charge is 2.22. The molecule has 22 heavy (non-hydrogen) atoms. The van der Waals surface area contributed by atoms with Gasteiger partial charge in [-0.3, -0.25) is 4.98 Å². The van der Waals surface area contributed by atoms with E-state index in [1.165, 1.54) is 11.6 Å². The number of hydrogen-bond acceptors (Lipinski definition) is 2. The SMILES string of the molecule is O=CC1CCC(c2ccc(-c3ccc(F)c(Cl)c3)nc2)CC1. The molecule has 0 aliphatic heterocycles. The molecule has 1 heterocycles. The van der Waals surface area contributed by atoms with Gasteiger partial charge in [-0.1, -0.05) is 17.7 Å². The van der Waals surface area contributed by atoms with Crippen LogP contribution in [0.2, 0.25) is 5.02 Å². The molecule has 1 aliphatic rings. The van der Waals surface area contributed by atoms with Gasteiger partial charge >= 0.3 is 0 Å². The summed E-state index contributed by atoms with van der Waals surface area (Å²) in [4.78, 5) is 15.3. The van der Waals surface area contributed by atoms with Crippen molar-refractivity contribution in [3.05, 3.63) is 52.9 Å². The van der Waals surface area contributed by atoms with Crippen molar-refractivity contribution >= 4 is 17.9 Å². The third-order valence-corrected chi connectivity index (χ3v) is 4.73. The Kier molecular flexibility index (Phi) is 4.53. The quantitative estimate of drug-likeness (QED) is 0.744. The van der Waals surface area contributed by atoms with E-state index < -0.39 is 5.82 Å². The second-order valence-electron chi connectivity index (χ2n) is 5.85. The van der Waals surface area contributed by atoms with E-state index in [4.69, 9.17) is 11.6 Å². The molecule has 2 aromatic rings. The number of carbonyl (C=O) groups excluding carboxylic acids is 1. The van der Waals surface area contributed by atoms with Gasteiger partial charge in [-0.2, -0.15) is 0 Å². The van der Waals surface area contributed by atoms with E-state index in [-0.39, 0.29) is 10.9 Å². The van der Waals surface area contributed by atoms with Gasteiger partial charge in [-0.05, 0) is 61.4 Å². The van der Waals surface area contributed by atoms with Gasteiger partial charge in [0, 0.05) is 17.7 Å². The highest BCUT2D eigenvalue weighted by atomic mass is 35.5. The summed E-state index contributed by atoms with van der Waals surface area (Å²) >= 11 is 5.81. The van der Waals surface area contributed by atoms with Gasteiger partial charge in [-0.25, -0.2) is 4.39 Å². The molecule has 2 nitrogen and oxygen atoms in total. The summed E-state index contributed by atoms with van der Waals surface area (Å²) in [6.07, 6.45) is 6.96. The number of nitrogens with zero attached hydrogens (tertiary/aromatic N) is 1. The zero-order valence-electron chi connectivity index (χ0n) is 12.1. The van der Waals surface area contributed by atoms with Crippen molar-refractivity contribution < 1.29 is 9.18 Å². The van der Waals surface area contributed by atoms with Crippen LogP contribution in [0, 0.1) is 11.7 Å². The minimum absolute atomic E-state index is 0.107. The molecule has 0 spiro atoms. The molecule has 0 unspecified atom stereocenters. The highest BCUT2D eigenvalue weighted by Crippen LogP contribution is 2.35. The van der Waals surface area contributed by atoms with Crippen molar-refractivity contribution in [3.8, 4) is 11.3 Å². The fraction of sp³-hybridized carbons (Fsp3) is 0.333. The Morgan fingerprint density at radius 1 is 1.14 bits per heavy atom. The van der Waals surface area contributed by atoms with Gasteiger partial charge in [0.05, 0.1) is 10.7 Å². The van der Waals surface area contributed by atoms with E-state index >= 15 is 0 Å². The van der Waals surface area contributed by atoms with Gasteiger partial charge < -0.3 is 4.79 Å².